The molecular formula is C19H19BrN2O2S. The number of para-hydroxylation sites is 1. The first-order chi connectivity index (χ1) is 12.1. The van der Waals surface area contributed by atoms with E-state index >= 15 is 0 Å². The first-order valence-corrected chi connectivity index (χ1v) is 9.80. The van der Waals surface area contributed by atoms with Crippen molar-refractivity contribution in [3.05, 3.63) is 57.3 Å². The van der Waals surface area contributed by atoms with E-state index in [9.17, 15) is 4.79 Å². The normalized spacial score (nSPS) is 11.9. The number of hydrogen-bond acceptors (Lipinski definition) is 3. The summed E-state index contributed by atoms with van der Waals surface area (Å²) in [5.41, 5.74) is 2.02. The number of aryl methyl sites for hydroxylation is 1. The van der Waals surface area contributed by atoms with Crippen LogP contribution in [0.2, 0.25) is 0 Å². The number of rotatable bonds is 5. The minimum Gasteiger partial charge on any atom is -0.494 e. The van der Waals surface area contributed by atoms with E-state index < -0.39 is 0 Å². The number of carbonyl (C=O) groups excluding carboxylic acids is 1. The average Bonchev–Trinajstić information content (AvgIpc) is 2.95. The highest BCUT2D eigenvalue weighted by Gasteiger charge is 2.10. The molecule has 0 spiro atoms. The van der Waals surface area contributed by atoms with Gasteiger partial charge in [-0.05, 0) is 59.6 Å². The van der Waals surface area contributed by atoms with Gasteiger partial charge in [-0.15, -0.1) is 0 Å². The number of nitrogens with zero attached hydrogens (tertiary/aromatic N) is 2. The molecule has 0 saturated heterocycles. The molecule has 1 heterocycles. The first kappa shape index (κ1) is 17.9. The number of benzene rings is 2. The molecule has 130 valence electrons. The zero-order valence-electron chi connectivity index (χ0n) is 14.2. The minimum absolute atomic E-state index is 0.144. The number of ether oxygens (including phenoxy) is 1. The van der Waals surface area contributed by atoms with Crippen LogP contribution in [0.4, 0.5) is 0 Å². The molecule has 2 aromatic carbocycles. The Morgan fingerprint density at radius 1 is 1.20 bits per heavy atom. The van der Waals surface area contributed by atoms with E-state index in [0.29, 0.717) is 6.61 Å². The van der Waals surface area contributed by atoms with Gasteiger partial charge in [-0.25, -0.2) is 0 Å². The second-order valence-electron chi connectivity index (χ2n) is 5.47. The molecule has 3 rings (SSSR count). The molecule has 4 nitrogen and oxygen atoms in total. The highest BCUT2D eigenvalue weighted by atomic mass is 79.9. The van der Waals surface area contributed by atoms with Crippen LogP contribution in [-0.4, -0.2) is 17.1 Å². The summed E-state index contributed by atoms with van der Waals surface area (Å²) in [6, 6.07) is 13.6. The van der Waals surface area contributed by atoms with E-state index in [1.807, 2.05) is 49.4 Å². The van der Waals surface area contributed by atoms with Gasteiger partial charge in [-0.3, -0.25) is 4.79 Å². The van der Waals surface area contributed by atoms with E-state index in [1.54, 1.807) is 0 Å². The second kappa shape index (κ2) is 7.97. The summed E-state index contributed by atoms with van der Waals surface area (Å²) in [7, 11) is 0. The van der Waals surface area contributed by atoms with Crippen molar-refractivity contribution < 1.29 is 9.53 Å². The molecule has 0 fully saturated rings. The third-order valence-corrected chi connectivity index (χ3v) is 5.46. The van der Waals surface area contributed by atoms with Crippen molar-refractivity contribution in [1.29, 1.82) is 0 Å². The maximum atomic E-state index is 12.4. The highest BCUT2D eigenvalue weighted by Crippen LogP contribution is 2.25. The molecule has 1 aromatic heterocycles. The van der Waals surface area contributed by atoms with E-state index in [1.165, 1.54) is 11.3 Å². The fraction of sp³-hybridized carbons (Fsp3) is 0.263. The molecule has 0 radical (unpaired) electrons. The van der Waals surface area contributed by atoms with Crippen molar-refractivity contribution >= 4 is 43.4 Å². The summed E-state index contributed by atoms with van der Waals surface area (Å²) in [5.74, 6) is 0.669. The van der Waals surface area contributed by atoms with Gasteiger partial charge in [0.05, 0.1) is 23.2 Å². The smallest absolute Gasteiger partial charge is 0.252 e. The van der Waals surface area contributed by atoms with Crippen LogP contribution in [0.25, 0.3) is 10.2 Å². The van der Waals surface area contributed by atoms with Crippen LogP contribution in [0.5, 0.6) is 5.75 Å². The zero-order chi connectivity index (χ0) is 17.8. The summed E-state index contributed by atoms with van der Waals surface area (Å²) in [5, 5.41) is 0. The molecule has 6 heteroatoms. The van der Waals surface area contributed by atoms with Gasteiger partial charge >= 0.3 is 0 Å². The lowest BCUT2D eigenvalue weighted by molar-refractivity contribution is -0.117. The van der Waals surface area contributed by atoms with Crippen molar-refractivity contribution in [2.24, 2.45) is 4.99 Å². The summed E-state index contributed by atoms with van der Waals surface area (Å²) in [6.07, 6.45) is 0.283. The SMILES string of the molecule is CCOc1ccc(CC(=O)N=c2sc3cccc(Br)c3n2CC)cc1. The van der Waals surface area contributed by atoms with Gasteiger partial charge in [0.2, 0.25) is 0 Å². The third-order valence-electron chi connectivity index (χ3n) is 3.78. The monoisotopic (exact) mass is 418 g/mol. The number of halogens is 1. The molecule has 1 amide bonds. The molecule has 0 unspecified atom stereocenters. The Morgan fingerprint density at radius 3 is 2.64 bits per heavy atom. The quantitative estimate of drug-likeness (QED) is 0.609. The van der Waals surface area contributed by atoms with E-state index in [2.05, 4.69) is 32.4 Å². The fourth-order valence-electron chi connectivity index (χ4n) is 2.66. The zero-order valence-corrected chi connectivity index (χ0v) is 16.6. The summed E-state index contributed by atoms with van der Waals surface area (Å²) < 4.78 is 9.62. The van der Waals surface area contributed by atoms with Crippen molar-refractivity contribution in [1.82, 2.24) is 4.57 Å². The number of amides is 1. The van der Waals surface area contributed by atoms with Crippen LogP contribution in [0.1, 0.15) is 19.4 Å². The molecule has 0 aliphatic carbocycles. The predicted molar refractivity (Wildman–Crippen MR) is 105 cm³/mol. The number of fused-ring (bicyclic) bond motifs is 1. The molecule has 0 aliphatic rings. The Morgan fingerprint density at radius 2 is 1.96 bits per heavy atom. The van der Waals surface area contributed by atoms with Gasteiger partial charge in [0.1, 0.15) is 5.75 Å². The van der Waals surface area contributed by atoms with E-state index in [0.717, 1.165) is 37.3 Å². The number of carbonyl (C=O) groups is 1. The number of thiazole rings is 1. The van der Waals surface area contributed by atoms with Crippen LogP contribution in [0, 0.1) is 0 Å². The highest BCUT2D eigenvalue weighted by molar-refractivity contribution is 9.10. The van der Waals surface area contributed by atoms with Gasteiger partial charge in [-0.2, -0.15) is 4.99 Å². The second-order valence-corrected chi connectivity index (χ2v) is 7.34. The lowest BCUT2D eigenvalue weighted by Gasteiger charge is -2.04. The van der Waals surface area contributed by atoms with Crippen molar-refractivity contribution in [3.63, 3.8) is 0 Å². The Bertz CT molecular complexity index is 958. The van der Waals surface area contributed by atoms with Gasteiger partial charge in [0.15, 0.2) is 4.80 Å². The Hall–Kier alpha value is -1.92. The lowest BCUT2D eigenvalue weighted by atomic mass is 10.1. The lowest BCUT2D eigenvalue weighted by Crippen LogP contribution is -2.16. The average molecular weight is 419 g/mol. The Labute approximate surface area is 158 Å². The molecule has 25 heavy (non-hydrogen) atoms. The van der Waals surface area contributed by atoms with Crippen LogP contribution in [0.15, 0.2) is 51.9 Å². The van der Waals surface area contributed by atoms with E-state index in [-0.39, 0.29) is 12.3 Å². The number of aromatic nitrogens is 1. The standard InChI is InChI=1S/C19H19BrN2O2S/c1-3-22-18-15(20)6-5-7-16(18)25-19(22)21-17(23)12-13-8-10-14(11-9-13)24-4-2/h5-11H,3-4,12H2,1-2H3. The molecule has 0 aliphatic heterocycles. The van der Waals surface area contributed by atoms with Crippen molar-refractivity contribution in [3.8, 4) is 5.75 Å². The predicted octanol–water partition coefficient (Wildman–Crippen LogP) is 4.55. The molecule has 0 bridgehead atoms. The first-order valence-electron chi connectivity index (χ1n) is 8.19. The maximum Gasteiger partial charge on any atom is 0.252 e. The maximum absolute atomic E-state index is 12.4. The fourth-order valence-corrected chi connectivity index (χ4v) is 4.51. The molecule has 3 aromatic rings. The van der Waals surface area contributed by atoms with Crippen LogP contribution >= 0.6 is 27.3 Å². The molecule has 0 atom stereocenters. The largest absolute Gasteiger partial charge is 0.494 e. The third kappa shape index (κ3) is 4.02. The minimum atomic E-state index is -0.144. The molecule has 0 saturated carbocycles. The Balaban J connectivity index is 1.88. The van der Waals surface area contributed by atoms with Crippen molar-refractivity contribution in [2.75, 3.05) is 6.61 Å². The van der Waals surface area contributed by atoms with Crippen molar-refractivity contribution in [2.45, 2.75) is 26.8 Å². The summed E-state index contributed by atoms with van der Waals surface area (Å²) >= 11 is 5.12. The van der Waals surface area contributed by atoms with Crippen LogP contribution in [-0.2, 0) is 17.8 Å². The molecular weight excluding hydrogens is 400 g/mol. The topological polar surface area (TPSA) is 43.6 Å². The summed E-state index contributed by atoms with van der Waals surface area (Å²) in [6.45, 7) is 5.40. The van der Waals surface area contributed by atoms with Gasteiger partial charge in [0, 0.05) is 11.0 Å². The Kier molecular flexibility index (Phi) is 5.71. The van der Waals surface area contributed by atoms with Gasteiger partial charge < -0.3 is 9.30 Å². The van der Waals surface area contributed by atoms with Crippen LogP contribution < -0.4 is 9.54 Å². The van der Waals surface area contributed by atoms with Gasteiger partial charge in [0.25, 0.3) is 5.91 Å². The molecule has 0 N–H and O–H groups in total. The number of hydrogen-bond donors (Lipinski definition) is 0. The van der Waals surface area contributed by atoms with Crippen LogP contribution in [0.3, 0.4) is 0 Å². The van der Waals surface area contributed by atoms with Gasteiger partial charge in [-0.1, -0.05) is 29.5 Å². The van der Waals surface area contributed by atoms with E-state index in [4.69, 9.17) is 4.74 Å². The summed E-state index contributed by atoms with van der Waals surface area (Å²) in [4.78, 5) is 17.5.